The van der Waals surface area contributed by atoms with Crippen molar-refractivity contribution in [2.45, 2.75) is 52.4 Å². The van der Waals surface area contributed by atoms with Crippen molar-refractivity contribution >= 4 is 11.8 Å². The molecular weight excluding hydrogens is 252 g/mol. The standard InChI is InChI=1S/C17H24O3/c1-3-5-7-10-15(18)13-14(4-2)17(19)20-16-11-8-6-9-12-16/h6,8-9,11-12,14H,3-5,7,10,13H2,1-2H3. The van der Waals surface area contributed by atoms with Crippen LogP contribution in [0.1, 0.15) is 52.4 Å². The maximum atomic E-state index is 12.0. The van der Waals surface area contributed by atoms with Gasteiger partial charge in [0.2, 0.25) is 0 Å². The fourth-order valence-electron chi connectivity index (χ4n) is 2.03. The first-order chi connectivity index (χ1) is 9.67. The van der Waals surface area contributed by atoms with Gasteiger partial charge in [-0.05, 0) is 25.0 Å². The van der Waals surface area contributed by atoms with Crippen molar-refractivity contribution in [3.05, 3.63) is 30.3 Å². The highest BCUT2D eigenvalue weighted by Crippen LogP contribution is 2.17. The van der Waals surface area contributed by atoms with Crippen LogP contribution in [0.3, 0.4) is 0 Å². The Balaban J connectivity index is 2.44. The topological polar surface area (TPSA) is 43.4 Å². The van der Waals surface area contributed by atoms with Gasteiger partial charge in [-0.2, -0.15) is 0 Å². The molecule has 0 saturated carbocycles. The Bertz CT molecular complexity index is 412. The molecule has 0 amide bonds. The largest absolute Gasteiger partial charge is 0.426 e. The predicted molar refractivity (Wildman–Crippen MR) is 79.6 cm³/mol. The number of ether oxygens (including phenoxy) is 1. The number of hydrogen-bond donors (Lipinski definition) is 0. The molecule has 0 N–H and O–H groups in total. The van der Waals surface area contributed by atoms with E-state index < -0.39 is 0 Å². The van der Waals surface area contributed by atoms with Gasteiger partial charge in [0.15, 0.2) is 0 Å². The molecule has 3 nitrogen and oxygen atoms in total. The Kier molecular flexibility index (Phi) is 7.63. The highest BCUT2D eigenvalue weighted by molar-refractivity contribution is 5.85. The third kappa shape index (κ3) is 6.00. The zero-order valence-corrected chi connectivity index (χ0v) is 12.4. The highest BCUT2D eigenvalue weighted by atomic mass is 16.5. The average molecular weight is 276 g/mol. The molecule has 20 heavy (non-hydrogen) atoms. The number of Topliss-reactive ketones (excluding diaryl/α,β-unsaturated/α-hetero) is 1. The molecule has 0 radical (unpaired) electrons. The highest BCUT2D eigenvalue weighted by Gasteiger charge is 2.21. The number of esters is 1. The lowest BCUT2D eigenvalue weighted by atomic mass is 9.97. The van der Waals surface area contributed by atoms with Crippen LogP contribution in [0.15, 0.2) is 30.3 Å². The van der Waals surface area contributed by atoms with Crippen molar-refractivity contribution < 1.29 is 14.3 Å². The van der Waals surface area contributed by atoms with Crippen LogP contribution in [-0.2, 0) is 9.59 Å². The van der Waals surface area contributed by atoms with Crippen LogP contribution in [0, 0.1) is 5.92 Å². The van der Waals surface area contributed by atoms with E-state index >= 15 is 0 Å². The quantitative estimate of drug-likeness (QED) is 0.386. The number of rotatable bonds is 9. The summed E-state index contributed by atoms with van der Waals surface area (Å²) in [4.78, 5) is 23.9. The van der Waals surface area contributed by atoms with Gasteiger partial charge in [-0.15, -0.1) is 0 Å². The van der Waals surface area contributed by atoms with E-state index in [0.717, 1.165) is 19.3 Å². The average Bonchev–Trinajstić information content (AvgIpc) is 2.46. The molecule has 0 fully saturated rings. The fraction of sp³-hybridized carbons (Fsp3) is 0.529. The van der Waals surface area contributed by atoms with Gasteiger partial charge < -0.3 is 4.74 Å². The zero-order chi connectivity index (χ0) is 14.8. The van der Waals surface area contributed by atoms with Crippen molar-refractivity contribution in [3.63, 3.8) is 0 Å². The molecule has 1 unspecified atom stereocenters. The smallest absolute Gasteiger partial charge is 0.314 e. The maximum Gasteiger partial charge on any atom is 0.314 e. The Morgan fingerprint density at radius 2 is 1.80 bits per heavy atom. The molecule has 1 aromatic carbocycles. The number of para-hydroxylation sites is 1. The lowest BCUT2D eigenvalue weighted by molar-refractivity contribution is -0.141. The Morgan fingerprint density at radius 1 is 1.10 bits per heavy atom. The van der Waals surface area contributed by atoms with Crippen molar-refractivity contribution in [1.82, 2.24) is 0 Å². The summed E-state index contributed by atoms with van der Waals surface area (Å²) >= 11 is 0. The van der Waals surface area contributed by atoms with Crippen LogP contribution in [0.25, 0.3) is 0 Å². The molecule has 3 heteroatoms. The molecule has 1 atom stereocenters. The third-order valence-corrected chi connectivity index (χ3v) is 3.32. The lowest BCUT2D eigenvalue weighted by Crippen LogP contribution is -2.22. The Labute approximate surface area is 121 Å². The minimum atomic E-state index is -0.329. The SMILES string of the molecule is CCCCCC(=O)CC(CC)C(=O)Oc1ccccc1. The van der Waals surface area contributed by atoms with E-state index in [2.05, 4.69) is 6.92 Å². The van der Waals surface area contributed by atoms with Crippen LogP contribution in [-0.4, -0.2) is 11.8 Å². The van der Waals surface area contributed by atoms with Crippen LogP contribution in [0.4, 0.5) is 0 Å². The van der Waals surface area contributed by atoms with Crippen molar-refractivity contribution in [2.24, 2.45) is 5.92 Å². The molecule has 0 bridgehead atoms. The van der Waals surface area contributed by atoms with E-state index in [9.17, 15) is 9.59 Å². The van der Waals surface area contributed by atoms with Crippen LogP contribution in [0.5, 0.6) is 5.75 Å². The molecule has 0 aliphatic heterocycles. The predicted octanol–water partition coefficient (Wildman–Crippen LogP) is 4.16. The van der Waals surface area contributed by atoms with Crippen LogP contribution in [0.2, 0.25) is 0 Å². The van der Waals surface area contributed by atoms with E-state index in [0.29, 0.717) is 25.0 Å². The number of unbranched alkanes of at least 4 members (excludes halogenated alkanes) is 2. The van der Waals surface area contributed by atoms with Crippen molar-refractivity contribution in [3.8, 4) is 5.75 Å². The molecule has 1 aromatic rings. The van der Waals surface area contributed by atoms with Crippen LogP contribution >= 0.6 is 0 Å². The summed E-state index contributed by atoms with van der Waals surface area (Å²) in [6.07, 6.45) is 4.58. The minimum absolute atomic E-state index is 0.162. The van der Waals surface area contributed by atoms with Gasteiger partial charge in [-0.1, -0.05) is 44.9 Å². The molecule has 0 aliphatic rings. The first-order valence-corrected chi connectivity index (χ1v) is 7.45. The summed E-state index contributed by atoms with van der Waals surface area (Å²) in [6.45, 7) is 4.02. The summed E-state index contributed by atoms with van der Waals surface area (Å²) in [5.74, 6) is 0.0663. The van der Waals surface area contributed by atoms with Gasteiger partial charge in [0.25, 0.3) is 0 Å². The van der Waals surface area contributed by atoms with Gasteiger partial charge in [0.05, 0.1) is 5.92 Å². The molecule has 110 valence electrons. The number of carbonyl (C=O) groups excluding carboxylic acids is 2. The molecule has 0 aliphatic carbocycles. The Morgan fingerprint density at radius 3 is 2.40 bits per heavy atom. The second kappa shape index (κ2) is 9.29. The lowest BCUT2D eigenvalue weighted by Gasteiger charge is -2.13. The fourth-order valence-corrected chi connectivity index (χ4v) is 2.03. The first-order valence-electron chi connectivity index (χ1n) is 7.45. The summed E-state index contributed by atoms with van der Waals surface area (Å²) in [5.41, 5.74) is 0. The second-order valence-electron chi connectivity index (χ2n) is 5.04. The van der Waals surface area contributed by atoms with Gasteiger partial charge >= 0.3 is 5.97 Å². The summed E-state index contributed by atoms with van der Waals surface area (Å²) < 4.78 is 5.30. The normalized spacial score (nSPS) is 11.9. The van der Waals surface area contributed by atoms with Crippen molar-refractivity contribution in [2.75, 3.05) is 0 Å². The molecule has 1 rings (SSSR count). The third-order valence-electron chi connectivity index (χ3n) is 3.32. The van der Waals surface area contributed by atoms with Gasteiger partial charge in [0.1, 0.15) is 11.5 Å². The summed E-state index contributed by atoms with van der Waals surface area (Å²) in [5, 5.41) is 0. The maximum absolute atomic E-state index is 12.0. The van der Waals surface area contributed by atoms with Gasteiger partial charge in [-0.3, -0.25) is 9.59 Å². The van der Waals surface area contributed by atoms with Gasteiger partial charge in [-0.25, -0.2) is 0 Å². The number of benzene rings is 1. The number of ketones is 1. The van der Waals surface area contributed by atoms with E-state index in [1.807, 2.05) is 25.1 Å². The molecular formula is C17H24O3. The first kappa shape index (κ1) is 16.4. The monoisotopic (exact) mass is 276 g/mol. The molecule has 0 heterocycles. The zero-order valence-electron chi connectivity index (χ0n) is 12.4. The van der Waals surface area contributed by atoms with Gasteiger partial charge in [0, 0.05) is 12.8 Å². The number of carbonyl (C=O) groups is 2. The van der Waals surface area contributed by atoms with Crippen LogP contribution < -0.4 is 4.74 Å². The summed E-state index contributed by atoms with van der Waals surface area (Å²) in [7, 11) is 0. The van der Waals surface area contributed by atoms with E-state index in [1.54, 1.807) is 12.1 Å². The minimum Gasteiger partial charge on any atom is -0.426 e. The molecule has 0 aromatic heterocycles. The van der Waals surface area contributed by atoms with Crippen molar-refractivity contribution in [1.29, 1.82) is 0 Å². The molecule has 0 spiro atoms. The van der Waals surface area contributed by atoms with E-state index in [1.165, 1.54) is 0 Å². The van der Waals surface area contributed by atoms with E-state index in [4.69, 9.17) is 4.74 Å². The number of hydrogen-bond acceptors (Lipinski definition) is 3. The Hall–Kier alpha value is -1.64. The second-order valence-corrected chi connectivity index (χ2v) is 5.04. The summed E-state index contributed by atoms with van der Waals surface area (Å²) in [6, 6.07) is 8.99. The molecule has 0 saturated heterocycles. The van der Waals surface area contributed by atoms with E-state index in [-0.39, 0.29) is 17.7 Å².